The van der Waals surface area contributed by atoms with Gasteiger partial charge in [-0.15, -0.1) is 0 Å². The van der Waals surface area contributed by atoms with E-state index in [-0.39, 0.29) is 50.4 Å². The minimum absolute atomic E-state index is 0.0111. The Labute approximate surface area is 306 Å². The number of nitrogens with one attached hydrogen (secondary N) is 3. The Balaban J connectivity index is 1.82. The van der Waals surface area contributed by atoms with Crippen LogP contribution in [0.2, 0.25) is 0 Å². The lowest BCUT2D eigenvalue weighted by molar-refractivity contribution is -0.140. The summed E-state index contributed by atoms with van der Waals surface area (Å²) in [6, 6.07) is 6.94. The molecule has 1 fully saturated rings. The zero-order valence-electron chi connectivity index (χ0n) is 30.7. The molecule has 292 valence electrons. The maximum absolute atomic E-state index is 13.0. The van der Waals surface area contributed by atoms with E-state index in [1.807, 2.05) is 4.90 Å². The van der Waals surface area contributed by atoms with Crippen LogP contribution in [0.5, 0.6) is 0 Å². The van der Waals surface area contributed by atoms with E-state index in [1.54, 1.807) is 39.0 Å². The molecule has 0 aromatic heterocycles. The van der Waals surface area contributed by atoms with Crippen molar-refractivity contribution in [2.45, 2.75) is 64.8 Å². The van der Waals surface area contributed by atoms with Crippen LogP contribution >= 0.6 is 0 Å². The quantitative estimate of drug-likeness (QED) is 0.0911. The van der Waals surface area contributed by atoms with E-state index in [2.05, 4.69) is 22.9 Å². The second kappa shape index (κ2) is 25.8. The Bertz CT molecular complexity index is 1230. The summed E-state index contributed by atoms with van der Waals surface area (Å²) in [6.45, 7) is 5.43. The highest BCUT2D eigenvalue weighted by Gasteiger charge is 2.21. The molecule has 0 spiro atoms. The summed E-state index contributed by atoms with van der Waals surface area (Å²) in [5.41, 5.74) is 1.30. The van der Waals surface area contributed by atoms with Gasteiger partial charge >= 0.3 is 17.9 Å². The van der Waals surface area contributed by atoms with Crippen molar-refractivity contribution in [3.8, 4) is 0 Å². The molecule has 16 nitrogen and oxygen atoms in total. The average Bonchev–Trinajstić information content (AvgIpc) is 3.09. The van der Waals surface area contributed by atoms with Crippen LogP contribution in [0.1, 0.15) is 74.2 Å². The second-order valence-electron chi connectivity index (χ2n) is 13.2. The van der Waals surface area contributed by atoms with Crippen LogP contribution in [0.15, 0.2) is 24.3 Å². The van der Waals surface area contributed by atoms with Gasteiger partial charge in [0.05, 0.1) is 26.2 Å². The highest BCUT2D eigenvalue weighted by Crippen LogP contribution is 2.07. The van der Waals surface area contributed by atoms with Gasteiger partial charge in [-0.05, 0) is 37.0 Å². The van der Waals surface area contributed by atoms with Crippen LogP contribution < -0.4 is 16.0 Å². The molecule has 2 rings (SSSR count). The Hall–Kier alpha value is -4.12. The number of benzene rings is 1. The Morgan fingerprint density at radius 1 is 0.538 bits per heavy atom. The number of nitrogens with zero attached hydrogens (tertiary/aromatic N) is 4. The van der Waals surface area contributed by atoms with E-state index >= 15 is 0 Å². The van der Waals surface area contributed by atoms with Crippen molar-refractivity contribution in [1.29, 1.82) is 0 Å². The van der Waals surface area contributed by atoms with Crippen molar-refractivity contribution in [2.24, 2.45) is 0 Å². The van der Waals surface area contributed by atoms with Crippen LogP contribution in [0.4, 0.5) is 0 Å². The first-order valence-electron chi connectivity index (χ1n) is 18.4. The normalized spacial score (nSPS) is 15.6. The molecule has 0 atom stereocenters. The van der Waals surface area contributed by atoms with Gasteiger partial charge in [-0.25, -0.2) is 0 Å². The number of unbranched alkanes of at least 4 members (excludes halogenated alkanes) is 5. The zero-order valence-corrected chi connectivity index (χ0v) is 30.7. The third-order valence-electron chi connectivity index (χ3n) is 8.80. The van der Waals surface area contributed by atoms with Crippen molar-refractivity contribution in [3.63, 3.8) is 0 Å². The summed E-state index contributed by atoms with van der Waals surface area (Å²) in [7, 11) is 0. The molecule has 1 aliphatic rings. The molecular formula is C36H59N7O9. The first-order chi connectivity index (χ1) is 24.9. The molecule has 0 saturated carbocycles. The summed E-state index contributed by atoms with van der Waals surface area (Å²) >= 11 is 0. The Morgan fingerprint density at radius 3 is 1.44 bits per heavy atom. The number of carboxylic acid groups (broad SMARTS) is 3. The van der Waals surface area contributed by atoms with Gasteiger partial charge in [0, 0.05) is 84.0 Å². The topological polar surface area (TPSA) is 212 Å². The van der Waals surface area contributed by atoms with Gasteiger partial charge in [-0.3, -0.25) is 48.4 Å². The van der Waals surface area contributed by atoms with Gasteiger partial charge in [0.15, 0.2) is 0 Å². The smallest absolute Gasteiger partial charge is 0.317 e. The van der Waals surface area contributed by atoms with Crippen molar-refractivity contribution < 1.29 is 44.1 Å². The molecule has 0 radical (unpaired) electrons. The molecule has 6 N–H and O–H groups in total. The number of rotatable bonds is 22. The molecule has 0 aliphatic carbocycles. The van der Waals surface area contributed by atoms with Crippen molar-refractivity contribution in [1.82, 2.24) is 35.6 Å². The third kappa shape index (κ3) is 20.7. The molecule has 52 heavy (non-hydrogen) atoms. The molecule has 1 saturated heterocycles. The molecule has 1 heterocycles. The number of carbonyl (C=O) groups excluding carboxylic acids is 3. The lowest BCUT2D eigenvalue weighted by Crippen LogP contribution is -2.49. The Morgan fingerprint density at radius 2 is 0.981 bits per heavy atom. The number of aliphatic carboxylic acids is 3. The summed E-state index contributed by atoms with van der Waals surface area (Å²) in [4.78, 5) is 78.8. The van der Waals surface area contributed by atoms with Gasteiger partial charge in [0.25, 0.3) is 5.91 Å². The predicted octanol–water partition coefficient (Wildman–Crippen LogP) is 0.765. The van der Waals surface area contributed by atoms with Crippen molar-refractivity contribution in [3.05, 3.63) is 35.4 Å². The van der Waals surface area contributed by atoms with E-state index in [9.17, 15) is 44.1 Å². The largest absolute Gasteiger partial charge is 0.480 e. The second-order valence-corrected chi connectivity index (χ2v) is 13.2. The van der Waals surface area contributed by atoms with Gasteiger partial charge in [0.2, 0.25) is 11.8 Å². The number of carbonyl (C=O) groups is 6. The standard InChI is InChI=1S/C36H59N7O9/c1-2-3-4-7-14-37-31(44)9-6-5-8-15-38-36(52)30-12-10-29(11-13-30)24-39-32(45)25-40-16-18-41(26-33(46)47)20-22-43(28-35(50)51)23-21-42(19-17-40)27-34(48)49/h10-13H,2-9,14-28H2,1H3,(H,37,44)(H,38,52)(H,39,45)(H,46,47)(H,48,49)(H,50,51). The lowest BCUT2D eigenvalue weighted by Gasteiger charge is -2.32. The monoisotopic (exact) mass is 733 g/mol. The molecule has 1 aliphatic heterocycles. The third-order valence-corrected chi connectivity index (χ3v) is 8.80. The highest BCUT2D eigenvalue weighted by molar-refractivity contribution is 5.94. The van der Waals surface area contributed by atoms with Gasteiger partial charge in [-0.1, -0.05) is 44.7 Å². The molecule has 1 aromatic carbocycles. The van der Waals surface area contributed by atoms with Crippen LogP contribution in [0.3, 0.4) is 0 Å². The van der Waals surface area contributed by atoms with Crippen LogP contribution in [-0.2, 0) is 30.5 Å². The summed E-state index contributed by atoms with van der Waals surface area (Å²) in [6.07, 6.45) is 7.38. The summed E-state index contributed by atoms with van der Waals surface area (Å²) in [5.74, 6) is -3.44. The van der Waals surface area contributed by atoms with Crippen LogP contribution in [-0.4, -0.2) is 162 Å². The van der Waals surface area contributed by atoms with E-state index < -0.39 is 17.9 Å². The molecular weight excluding hydrogens is 674 g/mol. The Kier molecular flexibility index (Phi) is 21.8. The van der Waals surface area contributed by atoms with Crippen molar-refractivity contribution in [2.75, 3.05) is 91.6 Å². The van der Waals surface area contributed by atoms with Gasteiger partial charge < -0.3 is 31.3 Å². The minimum Gasteiger partial charge on any atom is -0.480 e. The SMILES string of the molecule is CCCCCCNC(=O)CCCCCNC(=O)c1ccc(CNC(=O)CN2CCN(CC(=O)O)CCN(CC(=O)O)CCN(CC(=O)O)CC2)cc1. The fourth-order valence-electron chi connectivity index (χ4n) is 5.78. The van der Waals surface area contributed by atoms with Crippen LogP contribution in [0.25, 0.3) is 0 Å². The predicted molar refractivity (Wildman–Crippen MR) is 195 cm³/mol. The number of hydrogen-bond acceptors (Lipinski definition) is 10. The van der Waals surface area contributed by atoms with E-state index in [1.165, 1.54) is 12.8 Å². The number of hydrogen-bond donors (Lipinski definition) is 6. The van der Waals surface area contributed by atoms with E-state index in [0.717, 1.165) is 44.2 Å². The lowest BCUT2D eigenvalue weighted by atomic mass is 10.1. The summed E-state index contributed by atoms with van der Waals surface area (Å²) in [5, 5.41) is 36.9. The fourth-order valence-corrected chi connectivity index (χ4v) is 5.78. The first-order valence-corrected chi connectivity index (χ1v) is 18.4. The number of carboxylic acids is 3. The van der Waals surface area contributed by atoms with E-state index in [4.69, 9.17) is 0 Å². The maximum atomic E-state index is 13.0. The molecule has 0 bridgehead atoms. The first kappa shape index (κ1) is 44.0. The minimum atomic E-state index is -1.02. The van der Waals surface area contributed by atoms with Crippen molar-refractivity contribution >= 4 is 35.6 Å². The molecule has 0 unspecified atom stereocenters. The van der Waals surface area contributed by atoms with Gasteiger partial charge in [0.1, 0.15) is 0 Å². The molecule has 3 amide bonds. The average molecular weight is 734 g/mol. The fraction of sp³-hybridized carbons (Fsp3) is 0.667. The summed E-state index contributed by atoms with van der Waals surface area (Å²) < 4.78 is 0. The highest BCUT2D eigenvalue weighted by atomic mass is 16.4. The van der Waals surface area contributed by atoms with Crippen LogP contribution in [0, 0.1) is 0 Å². The van der Waals surface area contributed by atoms with E-state index in [0.29, 0.717) is 70.9 Å². The number of amides is 3. The van der Waals surface area contributed by atoms with Gasteiger partial charge in [-0.2, -0.15) is 0 Å². The zero-order chi connectivity index (χ0) is 38.1. The maximum Gasteiger partial charge on any atom is 0.317 e. The molecule has 16 heteroatoms. The molecule has 1 aromatic rings.